The van der Waals surface area contributed by atoms with Gasteiger partial charge in [-0.3, -0.25) is 4.55 Å². The summed E-state index contributed by atoms with van der Waals surface area (Å²) in [5, 5.41) is 7.52. The summed E-state index contributed by atoms with van der Waals surface area (Å²) in [5.41, 5.74) is 0. The molecule has 56 valence electrons. The Hall–Kier alpha value is -0.130. The molecule has 0 aliphatic heterocycles. The highest BCUT2D eigenvalue weighted by molar-refractivity contribution is 7.86. The lowest BCUT2D eigenvalue weighted by Crippen LogP contribution is -2.28. The molecule has 0 aromatic rings. The zero-order chi connectivity index (χ0) is 7.65. The fraction of sp³-hybridized carbons (Fsp3) is 1.00. The lowest BCUT2D eigenvalue weighted by atomic mass is 10.3. The van der Waals surface area contributed by atoms with Gasteiger partial charge in [-0.1, -0.05) is 0 Å². The molecule has 0 amide bonds. The molecule has 0 heterocycles. The predicted molar refractivity (Wildman–Crippen MR) is 32.7 cm³/mol. The van der Waals surface area contributed by atoms with Gasteiger partial charge in [0.25, 0.3) is 10.1 Å². The summed E-state index contributed by atoms with van der Waals surface area (Å²) >= 11 is 0. The number of aliphatic hydroxyl groups is 1. The van der Waals surface area contributed by atoms with Gasteiger partial charge in [0.05, 0.1) is 6.10 Å². The molecular weight excluding hydrogens is 144 g/mol. The minimum atomic E-state index is -4.05. The first-order valence-electron chi connectivity index (χ1n) is 2.50. The predicted octanol–water partition coefficient (Wildman–Crippen LogP) is -0.357. The van der Waals surface area contributed by atoms with E-state index in [9.17, 15) is 8.42 Å². The van der Waals surface area contributed by atoms with Gasteiger partial charge in [-0.25, -0.2) is 0 Å². The Morgan fingerprint density at radius 3 is 1.67 bits per heavy atom. The van der Waals surface area contributed by atoms with E-state index < -0.39 is 21.5 Å². The largest absolute Gasteiger partial charge is 0.392 e. The molecule has 2 N–H and O–H groups in total. The molecule has 0 aromatic carbocycles. The van der Waals surface area contributed by atoms with Crippen molar-refractivity contribution in [1.82, 2.24) is 0 Å². The van der Waals surface area contributed by atoms with Crippen LogP contribution in [0.4, 0.5) is 0 Å². The number of hydrogen-bond donors (Lipinski definition) is 2. The van der Waals surface area contributed by atoms with Crippen LogP contribution in [0, 0.1) is 0 Å². The van der Waals surface area contributed by atoms with Crippen LogP contribution >= 0.6 is 0 Å². The van der Waals surface area contributed by atoms with E-state index in [4.69, 9.17) is 9.66 Å². The van der Waals surface area contributed by atoms with Crippen LogP contribution < -0.4 is 0 Å². The Balaban J connectivity index is 4.24. The van der Waals surface area contributed by atoms with Crippen molar-refractivity contribution in [3.8, 4) is 0 Å². The Labute approximate surface area is 54.3 Å². The summed E-state index contributed by atoms with van der Waals surface area (Å²) in [6, 6.07) is 0. The molecule has 0 radical (unpaired) electrons. The summed E-state index contributed by atoms with van der Waals surface area (Å²) in [7, 11) is -4.05. The number of hydrogen-bond acceptors (Lipinski definition) is 3. The smallest absolute Gasteiger partial charge is 0.270 e. The minimum absolute atomic E-state index is 1.03. The maximum atomic E-state index is 10.2. The molecule has 2 unspecified atom stereocenters. The van der Waals surface area contributed by atoms with Crippen molar-refractivity contribution in [2.45, 2.75) is 25.2 Å². The summed E-state index contributed by atoms with van der Waals surface area (Å²) in [6.45, 7) is 2.54. The molecule has 5 heteroatoms. The average molecular weight is 154 g/mol. The van der Waals surface area contributed by atoms with Gasteiger partial charge in [-0.15, -0.1) is 0 Å². The van der Waals surface area contributed by atoms with Crippen molar-refractivity contribution in [1.29, 1.82) is 0 Å². The molecule has 0 rings (SSSR count). The first-order chi connectivity index (χ1) is 3.85. The molecule has 9 heavy (non-hydrogen) atoms. The summed E-state index contributed by atoms with van der Waals surface area (Å²) < 4.78 is 28.6. The molecule has 4 nitrogen and oxygen atoms in total. The van der Waals surface area contributed by atoms with E-state index in [-0.39, 0.29) is 0 Å². The van der Waals surface area contributed by atoms with Crippen LogP contribution in [0.15, 0.2) is 0 Å². The van der Waals surface area contributed by atoms with E-state index >= 15 is 0 Å². The van der Waals surface area contributed by atoms with Crippen LogP contribution in [0.1, 0.15) is 13.8 Å². The van der Waals surface area contributed by atoms with Crippen LogP contribution in [-0.2, 0) is 10.1 Å². The zero-order valence-electron chi connectivity index (χ0n) is 5.27. The fourth-order valence-electron chi connectivity index (χ4n) is 0.249. The van der Waals surface area contributed by atoms with Crippen molar-refractivity contribution >= 4 is 10.1 Å². The van der Waals surface area contributed by atoms with Crippen molar-refractivity contribution < 1.29 is 18.1 Å². The molecule has 0 aromatic heterocycles. The molecule has 0 aliphatic rings. The molecule has 0 spiro atoms. The molecule has 0 saturated carbocycles. The maximum Gasteiger partial charge on any atom is 0.270 e. The quantitative estimate of drug-likeness (QED) is 0.533. The average Bonchev–Trinajstić information content (AvgIpc) is 1.62. The van der Waals surface area contributed by atoms with E-state index in [0.29, 0.717) is 0 Å². The zero-order valence-corrected chi connectivity index (χ0v) is 6.09. The van der Waals surface area contributed by atoms with Gasteiger partial charge in [0.2, 0.25) is 0 Å². The second-order valence-corrected chi connectivity index (χ2v) is 3.73. The molecular formula is C4H10O4S. The summed E-state index contributed by atoms with van der Waals surface area (Å²) in [6.07, 6.45) is -1.03. The Bertz CT molecular complexity index is 169. The SMILES string of the molecule is CC(O)C(C)S(=O)(=O)O. The van der Waals surface area contributed by atoms with Gasteiger partial charge in [0, 0.05) is 0 Å². The molecule has 0 fully saturated rings. The van der Waals surface area contributed by atoms with E-state index in [1.165, 1.54) is 13.8 Å². The third kappa shape index (κ3) is 2.78. The minimum Gasteiger partial charge on any atom is -0.392 e. The Morgan fingerprint density at radius 1 is 1.33 bits per heavy atom. The second kappa shape index (κ2) is 2.64. The monoisotopic (exact) mass is 154 g/mol. The van der Waals surface area contributed by atoms with E-state index in [0.717, 1.165) is 0 Å². The Kier molecular flexibility index (Phi) is 2.60. The third-order valence-corrected chi connectivity index (χ3v) is 2.48. The van der Waals surface area contributed by atoms with Crippen molar-refractivity contribution in [2.24, 2.45) is 0 Å². The van der Waals surface area contributed by atoms with Gasteiger partial charge < -0.3 is 5.11 Å². The van der Waals surface area contributed by atoms with Gasteiger partial charge in [0.1, 0.15) is 5.25 Å². The first-order valence-corrected chi connectivity index (χ1v) is 4.00. The highest BCUT2D eigenvalue weighted by Gasteiger charge is 2.21. The van der Waals surface area contributed by atoms with Gasteiger partial charge in [-0.2, -0.15) is 8.42 Å². The second-order valence-electron chi connectivity index (χ2n) is 1.96. The lowest BCUT2D eigenvalue weighted by molar-refractivity contribution is 0.189. The molecule has 0 saturated heterocycles. The van der Waals surface area contributed by atoms with Crippen molar-refractivity contribution in [2.75, 3.05) is 0 Å². The van der Waals surface area contributed by atoms with Crippen molar-refractivity contribution in [3.05, 3.63) is 0 Å². The van der Waals surface area contributed by atoms with Gasteiger partial charge >= 0.3 is 0 Å². The normalized spacial score (nSPS) is 19.1. The van der Waals surface area contributed by atoms with E-state index in [2.05, 4.69) is 0 Å². The summed E-state index contributed by atoms with van der Waals surface area (Å²) in [5.74, 6) is 0. The molecule has 0 bridgehead atoms. The molecule has 2 atom stereocenters. The highest BCUT2D eigenvalue weighted by Crippen LogP contribution is 2.01. The Morgan fingerprint density at radius 2 is 1.67 bits per heavy atom. The van der Waals surface area contributed by atoms with Crippen LogP contribution in [0.3, 0.4) is 0 Å². The van der Waals surface area contributed by atoms with E-state index in [1.807, 2.05) is 0 Å². The standard InChI is InChI=1S/C4H10O4S/c1-3(5)4(2)9(6,7)8/h3-5H,1-2H3,(H,6,7,8). The third-order valence-electron chi connectivity index (χ3n) is 1.15. The van der Waals surface area contributed by atoms with Crippen LogP contribution in [0.2, 0.25) is 0 Å². The number of aliphatic hydroxyl groups excluding tert-OH is 1. The number of rotatable bonds is 2. The van der Waals surface area contributed by atoms with E-state index in [1.54, 1.807) is 0 Å². The lowest BCUT2D eigenvalue weighted by Gasteiger charge is -2.09. The van der Waals surface area contributed by atoms with Crippen LogP contribution in [-0.4, -0.2) is 29.4 Å². The molecule has 0 aliphatic carbocycles. The first kappa shape index (κ1) is 8.87. The highest BCUT2D eigenvalue weighted by atomic mass is 32.2. The topological polar surface area (TPSA) is 74.6 Å². The van der Waals surface area contributed by atoms with Crippen molar-refractivity contribution in [3.63, 3.8) is 0 Å². The van der Waals surface area contributed by atoms with Gasteiger partial charge in [-0.05, 0) is 13.8 Å². The summed E-state index contributed by atoms with van der Waals surface area (Å²) in [4.78, 5) is 0. The van der Waals surface area contributed by atoms with Crippen LogP contribution in [0.25, 0.3) is 0 Å². The van der Waals surface area contributed by atoms with Crippen LogP contribution in [0.5, 0.6) is 0 Å². The van der Waals surface area contributed by atoms with Gasteiger partial charge in [0.15, 0.2) is 0 Å². The maximum absolute atomic E-state index is 10.2. The fourth-order valence-corrected chi connectivity index (χ4v) is 0.747.